The molecular formula is C20H32FN3O. The summed E-state index contributed by atoms with van der Waals surface area (Å²) in [5.41, 5.74) is 1.16. The minimum atomic E-state index is -0.184. The number of carbonyl (C=O) groups excluding carboxylic acids is 1. The number of benzene rings is 1. The van der Waals surface area contributed by atoms with E-state index >= 15 is 0 Å². The molecule has 1 unspecified atom stereocenters. The highest BCUT2D eigenvalue weighted by molar-refractivity contribution is 5.75. The van der Waals surface area contributed by atoms with E-state index < -0.39 is 0 Å². The average molecular weight is 349 g/mol. The highest BCUT2D eigenvalue weighted by atomic mass is 19.1. The molecule has 2 rings (SSSR count). The predicted octanol–water partition coefficient (Wildman–Crippen LogP) is 2.88. The number of nitrogens with one attached hydrogen (secondary N) is 1. The van der Waals surface area contributed by atoms with Gasteiger partial charge in [0.25, 0.3) is 0 Å². The molecule has 5 heteroatoms. The van der Waals surface area contributed by atoms with Crippen molar-refractivity contribution in [3.8, 4) is 0 Å². The number of rotatable bonds is 7. The van der Waals surface area contributed by atoms with Gasteiger partial charge in [0, 0.05) is 45.2 Å². The third-order valence-electron chi connectivity index (χ3n) is 4.93. The second kappa shape index (κ2) is 9.88. The van der Waals surface area contributed by atoms with Gasteiger partial charge in [-0.05, 0) is 43.5 Å². The highest BCUT2D eigenvalue weighted by Crippen LogP contribution is 2.20. The van der Waals surface area contributed by atoms with Crippen LogP contribution in [0.25, 0.3) is 0 Å². The maximum atomic E-state index is 13.1. The molecule has 1 N–H and O–H groups in total. The zero-order valence-electron chi connectivity index (χ0n) is 15.8. The number of halogens is 1. The molecular weight excluding hydrogens is 317 g/mol. The van der Waals surface area contributed by atoms with Crippen molar-refractivity contribution in [2.24, 2.45) is 5.92 Å². The van der Waals surface area contributed by atoms with Crippen LogP contribution in [-0.2, 0) is 11.3 Å². The Morgan fingerprint density at radius 2 is 2.00 bits per heavy atom. The first-order valence-electron chi connectivity index (χ1n) is 9.47. The molecule has 1 aromatic carbocycles. The third-order valence-corrected chi connectivity index (χ3v) is 4.93. The van der Waals surface area contributed by atoms with Crippen molar-refractivity contribution in [3.63, 3.8) is 0 Å². The molecule has 0 aliphatic carbocycles. The quantitative estimate of drug-likeness (QED) is 0.822. The molecule has 1 amide bonds. The second-order valence-electron chi connectivity index (χ2n) is 7.27. The fourth-order valence-electron chi connectivity index (χ4n) is 3.54. The van der Waals surface area contributed by atoms with Crippen LogP contribution in [0.5, 0.6) is 0 Å². The summed E-state index contributed by atoms with van der Waals surface area (Å²) >= 11 is 0. The van der Waals surface area contributed by atoms with E-state index in [4.69, 9.17) is 0 Å². The van der Waals surface area contributed by atoms with Crippen LogP contribution in [0.1, 0.15) is 39.2 Å². The SMILES string of the molecule is CCNC(=O)CCN1CCCN(Cc2ccc(F)cc2)C(C(C)C)C1. The third kappa shape index (κ3) is 6.40. The van der Waals surface area contributed by atoms with Gasteiger partial charge in [-0.1, -0.05) is 26.0 Å². The molecule has 1 heterocycles. The molecule has 0 aromatic heterocycles. The lowest BCUT2D eigenvalue weighted by molar-refractivity contribution is -0.121. The number of hydrogen-bond acceptors (Lipinski definition) is 3. The first-order chi connectivity index (χ1) is 12.0. The maximum absolute atomic E-state index is 13.1. The van der Waals surface area contributed by atoms with Gasteiger partial charge in [0.05, 0.1) is 0 Å². The molecule has 1 aromatic rings. The van der Waals surface area contributed by atoms with Crippen LogP contribution in [0.3, 0.4) is 0 Å². The summed E-state index contributed by atoms with van der Waals surface area (Å²) in [5, 5.41) is 2.87. The largest absolute Gasteiger partial charge is 0.356 e. The zero-order valence-corrected chi connectivity index (χ0v) is 15.8. The second-order valence-corrected chi connectivity index (χ2v) is 7.27. The van der Waals surface area contributed by atoms with E-state index in [9.17, 15) is 9.18 Å². The van der Waals surface area contributed by atoms with Crippen molar-refractivity contribution in [1.82, 2.24) is 15.1 Å². The van der Waals surface area contributed by atoms with Crippen molar-refractivity contribution in [2.75, 3.05) is 32.7 Å². The topological polar surface area (TPSA) is 35.6 Å². The number of hydrogen-bond donors (Lipinski definition) is 1. The number of nitrogens with zero attached hydrogens (tertiary/aromatic N) is 2. The van der Waals surface area contributed by atoms with Crippen molar-refractivity contribution in [2.45, 2.75) is 46.2 Å². The fraction of sp³-hybridized carbons (Fsp3) is 0.650. The molecule has 0 bridgehead atoms. The standard InChI is InChI=1S/C20H32FN3O/c1-4-22-20(25)10-13-23-11-5-12-24(19(15-23)16(2)3)14-17-6-8-18(21)9-7-17/h6-9,16,19H,4-5,10-15H2,1-3H3,(H,22,25). The number of carbonyl (C=O) groups is 1. The van der Waals surface area contributed by atoms with Crippen LogP contribution in [0.4, 0.5) is 4.39 Å². The van der Waals surface area contributed by atoms with Crippen LogP contribution in [0, 0.1) is 11.7 Å². The van der Waals surface area contributed by atoms with E-state index in [1.54, 1.807) is 0 Å². The van der Waals surface area contributed by atoms with E-state index in [1.807, 2.05) is 19.1 Å². The van der Waals surface area contributed by atoms with Crippen molar-refractivity contribution >= 4 is 5.91 Å². The van der Waals surface area contributed by atoms with Crippen LogP contribution in [0.15, 0.2) is 24.3 Å². The first-order valence-corrected chi connectivity index (χ1v) is 9.47. The summed E-state index contributed by atoms with van der Waals surface area (Å²) in [6.07, 6.45) is 1.66. The van der Waals surface area contributed by atoms with Crippen LogP contribution < -0.4 is 5.32 Å². The molecule has 1 atom stereocenters. The molecule has 1 fully saturated rings. The Hall–Kier alpha value is -1.46. The van der Waals surface area contributed by atoms with E-state index in [0.717, 1.165) is 44.7 Å². The zero-order chi connectivity index (χ0) is 18.2. The molecule has 1 aliphatic rings. The molecule has 140 valence electrons. The van der Waals surface area contributed by atoms with Gasteiger partial charge < -0.3 is 10.2 Å². The minimum Gasteiger partial charge on any atom is -0.356 e. The van der Waals surface area contributed by atoms with Gasteiger partial charge in [0.15, 0.2) is 0 Å². The summed E-state index contributed by atoms with van der Waals surface area (Å²) in [6.45, 7) is 11.9. The van der Waals surface area contributed by atoms with Gasteiger partial charge in [-0.25, -0.2) is 4.39 Å². The van der Waals surface area contributed by atoms with E-state index in [2.05, 4.69) is 29.0 Å². The Balaban J connectivity index is 1.97. The lowest BCUT2D eigenvalue weighted by atomic mass is 10.0. The highest BCUT2D eigenvalue weighted by Gasteiger charge is 2.27. The smallest absolute Gasteiger partial charge is 0.221 e. The van der Waals surface area contributed by atoms with E-state index in [-0.39, 0.29) is 11.7 Å². The lowest BCUT2D eigenvalue weighted by Crippen LogP contribution is -2.44. The molecule has 4 nitrogen and oxygen atoms in total. The summed E-state index contributed by atoms with van der Waals surface area (Å²) in [4.78, 5) is 16.7. The fourth-order valence-corrected chi connectivity index (χ4v) is 3.54. The monoisotopic (exact) mass is 349 g/mol. The van der Waals surface area contributed by atoms with Gasteiger partial charge in [0.2, 0.25) is 5.91 Å². The predicted molar refractivity (Wildman–Crippen MR) is 99.8 cm³/mol. The molecule has 25 heavy (non-hydrogen) atoms. The Morgan fingerprint density at radius 3 is 2.64 bits per heavy atom. The normalized spacial score (nSPS) is 19.8. The van der Waals surface area contributed by atoms with E-state index in [0.29, 0.717) is 24.9 Å². The van der Waals surface area contributed by atoms with Crippen LogP contribution in [0.2, 0.25) is 0 Å². The summed E-state index contributed by atoms with van der Waals surface area (Å²) < 4.78 is 13.1. The van der Waals surface area contributed by atoms with Crippen molar-refractivity contribution < 1.29 is 9.18 Å². The Bertz CT molecular complexity index is 532. The lowest BCUT2D eigenvalue weighted by Gasteiger charge is -2.34. The number of amides is 1. The van der Waals surface area contributed by atoms with Crippen LogP contribution >= 0.6 is 0 Å². The van der Waals surface area contributed by atoms with E-state index in [1.165, 1.54) is 12.1 Å². The Kier molecular flexibility index (Phi) is 7.85. The average Bonchev–Trinajstić information content (AvgIpc) is 2.78. The van der Waals surface area contributed by atoms with Gasteiger partial charge in [-0.15, -0.1) is 0 Å². The molecule has 0 spiro atoms. The molecule has 1 aliphatic heterocycles. The van der Waals surface area contributed by atoms with Gasteiger partial charge >= 0.3 is 0 Å². The van der Waals surface area contributed by atoms with Crippen molar-refractivity contribution in [3.05, 3.63) is 35.6 Å². The van der Waals surface area contributed by atoms with Crippen LogP contribution in [-0.4, -0.2) is 54.5 Å². The van der Waals surface area contributed by atoms with Gasteiger partial charge in [-0.3, -0.25) is 9.69 Å². The van der Waals surface area contributed by atoms with Gasteiger partial charge in [-0.2, -0.15) is 0 Å². The van der Waals surface area contributed by atoms with Crippen molar-refractivity contribution in [1.29, 1.82) is 0 Å². The Labute approximate surface area is 151 Å². The Morgan fingerprint density at radius 1 is 1.28 bits per heavy atom. The summed E-state index contributed by atoms with van der Waals surface area (Å²) in [6, 6.07) is 7.28. The molecule has 0 radical (unpaired) electrons. The molecule has 1 saturated heterocycles. The minimum absolute atomic E-state index is 0.135. The first kappa shape index (κ1) is 19.9. The molecule has 0 saturated carbocycles. The summed E-state index contributed by atoms with van der Waals surface area (Å²) in [7, 11) is 0. The van der Waals surface area contributed by atoms with Gasteiger partial charge in [0.1, 0.15) is 5.82 Å². The summed E-state index contributed by atoms with van der Waals surface area (Å²) in [5.74, 6) is 0.484. The maximum Gasteiger partial charge on any atom is 0.221 e.